The topological polar surface area (TPSA) is 123 Å². The number of anilines is 2. The monoisotopic (exact) mass is 239 g/mol. The van der Waals surface area contributed by atoms with Crippen LogP contribution in [0.15, 0.2) is 12.1 Å². The van der Waals surface area contributed by atoms with Gasteiger partial charge in [-0.25, -0.2) is 4.98 Å². The first-order chi connectivity index (χ1) is 8.04. The van der Waals surface area contributed by atoms with E-state index < -0.39 is 4.92 Å². The molecule has 1 heterocycles. The minimum atomic E-state index is -0.561. The summed E-state index contributed by atoms with van der Waals surface area (Å²) >= 11 is 0. The van der Waals surface area contributed by atoms with E-state index >= 15 is 0 Å². The maximum absolute atomic E-state index is 11.0. The summed E-state index contributed by atoms with van der Waals surface area (Å²) in [6.07, 6.45) is 0.199. The Labute approximate surface area is 97.4 Å². The molecule has 1 aromatic rings. The summed E-state index contributed by atoms with van der Waals surface area (Å²) in [6.45, 7) is 0.247. The molecule has 0 saturated carbocycles. The van der Waals surface area contributed by atoms with Gasteiger partial charge in [0.15, 0.2) is 0 Å². The Hall–Kier alpha value is -2.38. The van der Waals surface area contributed by atoms with Gasteiger partial charge in [-0.3, -0.25) is 14.9 Å². The molecular weight excluding hydrogens is 226 g/mol. The second kappa shape index (κ2) is 5.64. The van der Waals surface area contributed by atoms with E-state index in [1.54, 1.807) is 0 Å². The van der Waals surface area contributed by atoms with E-state index in [2.05, 4.69) is 15.6 Å². The van der Waals surface area contributed by atoms with Crippen LogP contribution in [0.3, 0.4) is 0 Å². The maximum atomic E-state index is 11.0. The fraction of sp³-hybridized carbons (Fsp3) is 0.333. The van der Waals surface area contributed by atoms with E-state index in [1.165, 1.54) is 19.2 Å². The second-order valence-corrected chi connectivity index (χ2v) is 3.21. The molecule has 0 atom stereocenters. The number of nitrogens with zero attached hydrogens (tertiary/aromatic N) is 2. The van der Waals surface area contributed by atoms with Crippen molar-refractivity contribution in [1.29, 1.82) is 0 Å². The maximum Gasteiger partial charge on any atom is 0.311 e. The molecule has 0 radical (unpaired) electrons. The van der Waals surface area contributed by atoms with Gasteiger partial charge < -0.3 is 16.4 Å². The van der Waals surface area contributed by atoms with Gasteiger partial charge in [0.2, 0.25) is 11.7 Å². The van der Waals surface area contributed by atoms with E-state index in [0.717, 1.165) is 0 Å². The number of amides is 1. The van der Waals surface area contributed by atoms with Gasteiger partial charge in [-0.1, -0.05) is 0 Å². The van der Waals surface area contributed by atoms with Crippen molar-refractivity contribution >= 4 is 23.2 Å². The number of hydrogen-bond donors (Lipinski definition) is 3. The molecule has 0 saturated heterocycles. The Morgan fingerprint density at radius 3 is 2.88 bits per heavy atom. The predicted molar refractivity (Wildman–Crippen MR) is 62.5 cm³/mol. The van der Waals surface area contributed by atoms with Crippen molar-refractivity contribution in [3.05, 3.63) is 22.2 Å². The molecule has 0 aliphatic heterocycles. The number of nitro groups is 1. The number of nitrogens with one attached hydrogen (secondary N) is 2. The molecule has 1 amide bonds. The van der Waals surface area contributed by atoms with Crippen LogP contribution in [0.1, 0.15) is 6.42 Å². The van der Waals surface area contributed by atoms with Crippen LogP contribution >= 0.6 is 0 Å². The highest BCUT2D eigenvalue weighted by atomic mass is 16.6. The van der Waals surface area contributed by atoms with Crippen LogP contribution < -0.4 is 16.4 Å². The number of hydrogen-bond acceptors (Lipinski definition) is 6. The highest BCUT2D eigenvalue weighted by Crippen LogP contribution is 2.22. The van der Waals surface area contributed by atoms with Gasteiger partial charge in [-0.15, -0.1) is 0 Å². The normalized spacial score (nSPS) is 9.71. The molecule has 1 aromatic heterocycles. The van der Waals surface area contributed by atoms with Gasteiger partial charge in [0.1, 0.15) is 5.82 Å². The third kappa shape index (κ3) is 3.59. The molecule has 8 heteroatoms. The molecule has 8 nitrogen and oxygen atoms in total. The molecule has 4 N–H and O–H groups in total. The van der Waals surface area contributed by atoms with Crippen LogP contribution in [0, 0.1) is 10.1 Å². The third-order valence-electron chi connectivity index (χ3n) is 2.02. The van der Waals surface area contributed by atoms with Gasteiger partial charge >= 0.3 is 5.69 Å². The number of pyridine rings is 1. The first-order valence-corrected chi connectivity index (χ1v) is 4.90. The van der Waals surface area contributed by atoms with Gasteiger partial charge in [-0.2, -0.15) is 0 Å². The Morgan fingerprint density at radius 1 is 1.59 bits per heavy atom. The van der Waals surface area contributed by atoms with Crippen LogP contribution in [0.4, 0.5) is 17.3 Å². The molecule has 0 unspecified atom stereocenters. The largest absolute Gasteiger partial charge is 0.384 e. The van der Waals surface area contributed by atoms with Crippen LogP contribution in [0.25, 0.3) is 0 Å². The Balaban J connectivity index is 2.72. The zero-order valence-corrected chi connectivity index (χ0v) is 9.27. The van der Waals surface area contributed by atoms with Gasteiger partial charge in [-0.05, 0) is 6.07 Å². The number of rotatable bonds is 5. The summed E-state index contributed by atoms with van der Waals surface area (Å²) in [6, 6.07) is 2.62. The number of carbonyl (C=O) groups excluding carboxylic acids is 1. The van der Waals surface area contributed by atoms with E-state index in [4.69, 9.17) is 5.73 Å². The van der Waals surface area contributed by atoms with Gasteiger partial charge in [0.25, 0.3) is 0 Å². The smallest absolute Gasteiger partial charge is 0.311 e. The van der Waals surface area contributed by atoms with Crippen molar-refractivity contribution in [3.63, 3.8) is 0 Å². The van der Waals surface area contributed by atoms with Crippen molar-refractivity contribution in [3.8, 4) is 0 Å². The lowest BCUT2D eigenvalue weighted by molar-refractivity contribution is -0.384. The SMILES string of the molecule is CNC(=O)CCNc1nc(N)ccc1[N+](=O)[O-]. The van der Waals surface area contributed by atoms with Crippen LogP contribution in [0.2, 0.25) is 0 Å². The van der Waals surface area contributed by atoms with E-state index in [1.807, 2.05) is 0 Å². The molecule has 0 aliphatic rings. The molecule has 92 valence electrons. The average Bonchev–Trinajstić information content (AvgIpc) is 2.28. The van der Waals surface area contributed by atoms with Crippen LogP contribution in [0.5, 0.6) is 0 Å². The average molecular weight is 239 g/mol. The van der Waals surface area contributed by atoms with Gasteiger partial charge in [0.05, 0.1) is 4.92 Å². The fourth-order valence-electron chi connectivity index (χ4n) is 1.16. The summed E-state index contributed by atoms with van der Waals surface area (Å²) in [5.74, 6) is 0.0843. The molecular formula is C9H13N5O3. The number of nitrogens with two attached hydrogens (primary N) is 1. The third-order valence-corrected chi connectivity index (χ3v) is 2.02. The van der Waals surface area contributed by atoms with Gasteiger partial charge in [0, 0.05) is 26.1 Å². The lowest BCUT2D eigenvalue weighted by Gasteiger charge is -2.06. The lowest BCUT2D eigenvalue weighted by atomic mass is 10.3. The van der Waals surface area contributed by atoms with Crippen molar-refractivity contribution in [2.75, 3.05) is 24.6 Å². The number of aromatic nitrogens is 1. The molecule has 1 rings (SSSR count). The van der Waals surface area contributed by atoms with Crippen molar-refractivity contribution in [2.24, 2.45) is 0 Å². The van der Waals surface area contributed by atoms with E-state index in [-0.39, 0.29) is 36.2 Å². The van der Waals surface area contributed by atoms with E-state index in [9.17, 15) is 14.9 Å². The summed E-state index contributed by atoms with van der Waals surface area (Å²) < 4.78 is 0. The molecule has 17 heavy (non-hydrogen) atoms. The highest BCUT2D eigenvalue weighted by molar-refractivity contribution is 5.76. The lowest BCUT2D eigenvalue weighted by Crippen LogP contribution is -2.21. The Bertz CT molecular complexity index is 435. The zero-order valence-electron chi connectivity index (χ0n) is 9.27. The fourth-order valence-corrected chi connectivity index (χ4v) is 1.16. The Morgan fingerprint density at radius 2 is 2.29 bits per heavy atom. The summed E-state index contributed by atoms with van der Waals surface area (Å²) in [5.41, 5.74) is 5.26. The zero-order chi connectivity index (χ0) is 12.8. The molecule has 0 aromatic carbocycles. The predicted octanol–water partition coefficient (Wildman–Crippen LogP) is 0.120. The summed E-state index contributed by atoms with van der Waals surface area (Å²) in [4.78, 5) is 24.9. The van der Waals surface area contributed by atoms with Crippen molar-refractivity contribution in [2.45, 2.75) is 6.42 Å². The minimum absolute atomic E-state index is 0.0684. The standard InChI is InChI=1S/C9H13N5O3/c1-11-8(15)4-5-12-9-6(14(16)17)2-3-7(10)13-9/h2-3H,4-5H2,1H3,(H,11,15)(H3,10,12,13). The first kappa shape index (κ1) is 12.7. The second-order valence-electron chi connectivity index (χ2n) is 3.21. The van der Waals surface area contributed by atoms with Crippen LogP contribution in [-0.2, 0) is 4.79 Å². The summed E-state index contributed by atoms with van der Waals surface area (Å²) in [7, 11) is 1.52. The first-order valence-electron chi connectivity index (χ1n) is 4.90. The Kier molecular flexibility index (Phi) is 4.21. The molecule has 0 fully saturated rings. The number of carbonyl (C=O) groups is 1. The molecule has 0 bridgehead atoms. The quantitative estimate of drug-likeness (QED) is 0.495. The molecule has 0 aliphatic carbocycles. The van der Waals surface area contributed by atoms with Crippen molar-refractivity contribution < 1.29 is 9.72 Å². The van der Waals surface area contributed by atoms with E-state index in [0.29, 0.717) is 0 Å². The van der Waals surface area contributed by atoms with Crippen LogP contribution in [-0.4, -0.2) is 29.4 Å². The van der Waals surface area contributed by atoms with Crippen molar-refractivity contribution in [1.82, 2.24) is 10.3 Å². The molecule has 0 spiro atoms. The highest BCUT2D eigenvalue weighted by Gasteiger charge is 2.15. The minimum Gasteiger partial charge on any atom is -0.384 e. The summed E-state index contributed by atoms with van der Waals surface area (Å²) in [5, 5.41) is 15.8. The number of nitrogen functional groups attached to an aromatic ring is 1.